The van der Waals surface area contributed by atoms with Gasteiger partial charge in [-0.15, -0.1) is 0 Å². The molecule has 0 spiro atoms. The summed E-state index contributed by atoms with van der Waals surface area (Å²) >= 11 is 0. The van der Waals surface area contributed by atoms with Gasteiger partial charge >= 0.3 is 23.9 Å². The topological polar surface area (TPSA) is 149 Å². The Kier molecular flexibility index (Phi) is 52.2. The summed E-state index contributed by atoms with van der Waals surface area (Å²) in [5.41, 5.74) is 0. The zero-order valence-electron chi connectivity index (χ0n) is 33.2. The average molecular weight is 780 g/mol. The van der Waals surface area contributed by atoms with Crippen molar-refractivity contribution in [2.45, 2.75) is 209 Å². The molecule has 4 N–H and O–H groups in total. The van der Waals surface area contributed by atoms with E-state index in [1.807, 2.05) is 27.7 Å². The monoisotopic (exact) mass is 778 g/mol. The summed E-state index contributed by atoms with van der Waals surface area (Å²) in [4.78, 5) is 42.4. The van der Waals surface area contributed by atoms with Crippen LogP contribution in [0.5, 0.6) is 0 Å². The fourth-order valence-electron chi connectivity index (χ4n) is 5.28. The van der Waals surface area contributed by atoms with E-state index >= 15 is 0 Å². The first kappa shape index (κ1) is 57.1. The first-order valence-corrected chi connectivity index (χ1v) is 19.8. The van der Waals surface area contributed by atoms with Crippen LogP contribution >= 0.6 is 0 Å². The maximum atomic E-state index is 10.6. The molecule has 9 heteroatoms. The van der Waals surface area contributed by atoms with Crippen LogP contribution in [0.2, 0.25) is 0 Å². The quantitative estimate of drug-likeness (QED) is 0.0573. The molecule has 0 aromatic heterocycles. The normalized spacial score (nSPS) is 12.6. The van der Waals surface area contributed by atoms with Crippen molar-refractivity contribution in [3.8, 4) is 0 Å². The minimum atomic E-state index is -0.631. The molecule has 0 aliphatic carbocycles. The molecule has 0 aliphatic rings. The van der Waals surface area contributed by atoms with E-state index in [4.69, 9.17) is 20.4 Å². The van der Waals surface area contributed by atoms with Crippen molar-refractivity contribution in [2.75, 3.05) is 0 Å². The predicted octanol–water partition coefficient (Wildman–Crippen LogP) is 12.3. The molecule has 4 unspecified atom stereocenters. The Bertz CT molecular complexity index is 611. The standard InChI is InChI=1S/4C10H20O2.Zr/c4*1-3-5-6-7-8-9(4-2)10(11)12;/h4*9H,3-8H2,1-2H3,(H,11,12);. The molecule has 49 heavy (non-hydrogen) atoms. The molecule has 0 fully saturated rings. The van der Waals surface area contributed by atoms with Gasteiger partial charge in [-0.05, 0) is 51.4 Å². The molecular formula is C40H80O8Zr. The van der Waals surface area contributed by atoms with Crippen LogP contribution in [-0.2, 0) is 45.4 Å². The number of carboxylic acids is 4. The number of carboxylic acid groups (broad SMARTS) is 4. The molecule has 0 rings (SSSR count). The molecule has 0 aromatic carbocycles. The molecule has 0 amide bonds. The maximum Gasteiger partial charge on any atom is 0.306 e. The van der Waals surface area contributed by atoms with E-state index in [0.717, 1.165) is 77.0 Å². The Morgan fingerprint density at radius 3 is 0.592 bits per heavy atom. The van der Waals surface area contributed by atoms with Gasteiger partial charge < -0.3 is 20.4 Å². The number of hydrogen-bond donors (Lipinski definition) is 4. The number of carbonyl (C=O) groups is 4. The van der Waals surface area contributed by atoms with Crippen LogP contribution in [0.4, 0.5) is 0 Å². The van der Waals surface area contributed by atoms with Gasteiger partial charge in [0.2, 0.25) is 0 Å². The Balaban J connectivity index is -0.000000174. The Labute approximate surface area is 321 Å². The van der Waals surface area contributed by atoms with Crippen LogP contribution in [0.25, 0.3) is 0 Å². The average Bonchev–Trinajstić information content (AvgIpc) is 3.05. The number of rotatable bonds is 28. The third kappa shape index (κ3) is 42.8. The minimum Gasteiger partial charge on any atom is -0.481 e. The van der Waals surface area contributed by atoms with Crippen molar-refractivity contribution in [1.82, 2.24) is 0 Å². The summed E-state index contributed by atoms with van der Waals surface area (Å²) in [7, 11) is 0. The third-order valence-electron chi connectivity index (χ3n) is 8.99. The van der Waals surface area contributed by atoms with Gasteiger partial charge in [-0.25, -0.2) is 0 Å². The van der Waals surface area contributed by atoms with Crippen LogP contribution in [0.15, 0.2) is 0 Å². The second-order valence-corrected chi connectivity index (χ2v) is 13.2. The molecule has 0 aliphatic heterocycles. The molecule has 8 nitrogen and oxygen atoms in total. The first-order chi connectivity index (χ1) is 22.9. The molecule has 0 bridgehead atoms. The van der Waals surface area contributed by atoms with Gasteiger partial charge in [0.05, 0.1) is 23.7 Å². The van der Waals surface area contributed by atoms with E-state index in [2.05, 4.69) is 27.7 Å². The predicted molar refractivity (Wildman–Crippen MR) is 201 cm³/mol. The second-order valence-electron chi connectivity index (χ2n) is 13.2. The summed E-state index contributed by atoms with van der Waals surface area (Å²) in [6.07, 6.45) is 25.2. The Morgan fingerprint density at radius 2 is 0.490 bits per heavy atom. The zero-order valence-corrected chi connectivity index (χ0v) is 35.7. The molecular weight excluding hydrogens is 700 g/mol. The van der Waals surface area contributed by atoms with Gasteiger partial charge in [0.25, 0.3) is 0 Å². The summed E-state index contributed by atoms with van der Waals surface area (Å²) in [6.45, 7) is 16.4. The van der Waals surface area contributed by atoms with E-state index < -0.39 is 23.9 Å². The van der Waals surface area contributed by atoms with Gasteiger partial charge in [0.15, 0.2) is 0 Å². The minimum absolute atomic E-state index is 0. The van der Waals surface area contributed by atoms with E-state index in [-0.39, 0.29) is 49.9 Å². The SMILES string of the molecule is CCCCCCC(CC)C(=O)O.CCCCCCC(CC)C(=O)O.CCCCCCC(CC)C(=O)O.CCCCCCC(CC)C(=O)O.[Zr]. The first-order valence-electron chi connectivity index (χ1n) is 19.8. The fraction of sp³-hybridized carbons (Fsp3) is 0.900. The smallest absolute Gasteiger partial charge is 0.306 e. The summed E-state index contributed by atoms with van der Waals surface area (Å²) < 4.78 is 0. The van der Waals surface area contributed by atoms with E-state index in [0.29, 0.717) is 0 Å². The zero-order chi connectivity index (χ0) is 37.6. The van der Waals surface area contributed by atoms with Gasteiger partial charge in [0.1, 0.15) is 0 Å². The molecule has 0 heterocycles. The second kappa shape index (κ2) is 44.8. The number of unbranched alkanes of at least 4 members (excludes halogenated alkanes) is 12. The van der Waals surface area contributed by atoms with E-state index in [9.17, 15) is 19.2 Å². The van der Waals surface area contributed by atoms with E-state index in [1.165, 1.54) is 77.0 Å². The third-order valence-corrected chi connectivity index (χ3v) is 8.99. The van der Waals surface area contributed by atoms with Gasteiger partial charge in [0, 0.05) is 26.2 Å². The van der Waals surface area contributed by atoms with Gasteiger partial charge in [-0.3, -0.25) is 19.2 Å². The number of hydrogen-bond acceptors (Lipinski definition) is 4. The Morgan fingerprint density at radius 1 is 0.327 bits per heavy atom. The maximum absolute atomic E-state index is 10.6. The van der Waals surface area contributed by atoms with Crippen molar-refractivity contribution < 1.29 is 65.8 Å². The molecule has 0 saturated carbocycles. The summed E-state index contributed by atoms with van der Waals surface area (Å²) in [6, 6.07) is 0. The van der Waals surface area contributed by atoms with Gasteiger partial charge in [-0.2, -0.15) is 0 Å². The number of aliphatic carboxylic acids is 4. The van der Waals surface area contributed by atoms with Crippen LogP contribution in [0.1, 0.15) is 209 Å². The van der Waals surface area contributed by atoms with Crippen molar-refractivity contribution in [3.05, 3.63) is 0 Å². The fourth-order valence-corrected chi connectivity index (χ4v) is 5.28. The molecule has 0 radical (unpaired) electrons. The molecule has 292 valence electrons. The van der Waals surface area contributed by atoms with Crippen molar-refractivity contribution >= 4 is 23.9 Å². The van der Waals surface area contributed by atoms with Crippen LogP contribution in [0.3, 0.4) is 0 Å². The summed E-state index contributed by atoms with van der Waals surface area (Å²) in [5, 5.41) is 34.9. The van der Waals surface area contributed by atoms with Crippen molar-refractivity contribution in [1.29, 1.82) is 0 Å². The van der Waals surface area contributed by atoms with Crippen molar-refractivity contribution in [3.63, 3.8) is 0 Å². The van der Waals surface area contributed by atoms with E-state index in [1.54, 1.807) is 0 Å². The largest absolute Gasteiger partial charge is 0.481 e. The molecule has 4 atom stereocenters. The molecule has 0 saturated heterocycles. The van der Waals surface area contributed by atoms with Crippen molar-refractivity contribution in [2.24, 2.45) is 23.7 Å². The van der Waals surface area contributed by atoms with Crippen LogP contribution in [-0.4, -0.2) is 44.3 Å². The molecule has 0 aromatic rings. The summed E-state index contributed by atoms with van der Waals surface area (Å²) in [5.74, 6) is -2.96. The van der Waals surface area contributed by atoms with Gasteiger partial charge in [-0.1, -0.05) is 158 Å². The Hall–Kier alpha value is -1.24. The van der Waals surface area contributed by atoms with Crippen LogP contribution < -0.4 is 0 Å². The van der Waals surface area contributed by atoms with Crippen LogP contribution in [0, 0.1) is 23.7 Å².